The third-order valence-corrected chi connectivity index (χ3v) is 5.88. The molecule has 1 heterocycles. The van der Waals surface area contributed by atoms with Crippen LogP contribution in [0.2, 0.25) is 0 Å². The summed E-state index contributed by atoms with van der Waals surface area (Å²) in [7, 11) is 0. The average Bonchev–Trinajstić information content (AvgIpc) is 2.86. The number of phenolic OH excluding ortho intramolecular Hbond substituents is 1. The lowest BCUT2D eigenvalue weighted by Gasteiger charge is -2.19. The molecule has 180 valence electrons. The van der Waals surface area contributed by atoms with Crippen LogP contribution < -0.4 is 16.2 Å². The van der Waals surface area contributed by atoms with E-state index in [4.69, 9.17) is 0 Å². The van der Waals surface area contributed by atoms with Crippen LogP contribution in [0.25, 0.3) is 10.9 Å². The molecule has 2 atom stereocenters. The molecule has 4 aromatic rings. The minimum atomic E-state index is -1.09. The monoisotopic (exact) mass is 473 g/mol. The first-order valence-electron chi connectivity index (χ1n) is 11.3. The first-order valence-corrected chi connectivity index (χ1v) is 11.3. The van der Waals surface area contributed by atoms with Crippen LogP contribution in [0.3, 0.4) is 0 Å². The Morgan fingerprint density at radius 2 is 1.71 bits per heavy atom. The Bertz CT molecular complexity index is 1370. The summed E-state index contributed by atoms with van der Waals surface area (Å²) in [6.45, 7) is 0.877. The molecule has 1 unspecified atom stereocenters. The van der Waals surface area contributed by atoms with E-state index in [0.717, 1.165) is 16.7 Å². The Hall–Kier alpha value is -4.14. The number of nitrogens with one attached hydrogen (secondary N) is 3. The van der Waals surface area contributed by atoms with Gasteiger partial charge in [0.2, 0.25) is 5.56 Å². The van der Waals surface area contributed by atoms with E-state index in [-0.39, 0.29) is 17.9 Å². The molecule has 1 aromatic heterocycles. The van der Waals surface area contributed by atoms with Gasteiger partial charge in [0.05, 0.1) is 17.7 Å². The molecule has 0 aliphatic heterocycles. The SMILES string of the molecule is O=C(O)NC(c1ccccc1)c1cccc(CCNC[C@@H](O)c2ccc(O)c3[nH]c(=O)ccc23)c1. The molecule has 0 saturated heterocycles. The maximum Gasteiger partial charge on any atom is 0.405 e. The zero-order valence-electron chi connectivity index (χ0n) is 18.9. The Morgan fingerprint density at radius 1 is 0.943 bits per heavy atom. The van der Waals surface area contributed by atoms with Crippen molar-refractivity contribution in [2.24, 2.45) is 0 Å². The van der Waals surface area contributed by atoms with E-state index in [0.29, 0.717) is 29.4 Å². The number of fused-ring (bicyclic) bond motifs is 1. The topological polar surface area (TPSA) is 135 Å². The molecule has 0 radical (unpaired) electrons. The highest BCUT2D eigenvalue weighted by molar-refractivity contribution is 5.87. The van der Waals surface area contributed by atoms with Gasteiger partial charge in [-0.05, 0) is 47.4 Å². The highest BCUT2D eigenvalue weighted by atomic mass is 16.4. The number of H-pyrrole nitrogens is 1. The van der Waals surface area contributed by atoms with Gasteiger partial charge in [-0.1, -0.05) is 60.7 Å². The summed E-state index contributed by atoms with van der Waals surface area (Å²) < 4.78 is 0. The van der Waals surface area contributed by atoms with Crippen LogP contribution in [0.1, 0.15) is 34.4 Å². The zero-order chi connectivity index (χ0) is 24.8. The van der Waals surface area contributed by atoms with E-state index in [1.165, 1.54) is 12.1 Å². The number of aromatic nitrogens is 1. The molecule has 6 N–H and O–H groups in total. The fourth-order valence-corrected chi connectivity index (χ4v) is 4.19. The molecule has 0 aliphatic carbocycles. The molecule has 0 saturated carbocycles. The second-order valence-electron chi connectivity index (χ2n) is 8.29. The van der Waals surface area contributed by atoms with Crippen LogP contribution in [-0.2, 0) is 6.42 Å². The number of benzene rings is 3. The van der Waals surface area contributed by atoms with Crippen molar-refractivity contribution in [1.29, 1.82) is 0 Å². The lowest BCUT2D eigenvalue weighted by Crippen LogP contribution is -2.27. The number of aromatic amines is 1. The number of carbonyl (C=O) groups is 1. The zero-order valence-corrected chi connectivity index (χ0v) is 18.9. The van der Waals surface area contributed by atoms with E-state index in [2.05, 4.69) is 15.6 Å². The summed E-state index contributed by atoms with van der Waals surface area (Å²) >= 11 is 0. The number of aromatic hydroxyl groups is 1. The summed E-state index contributed by atoms with van der Waals surface area (Å²) in [5.74, 6) is -0.0484. The number of aliphatic hydroxyl groups is 1. The molecular formula is C27H27N3O5. The third kappa shape index (κ3) is 5.87. The minimum Gasteiger partial charge on any atom is -0.506 e. The second-order valence-corrected chi connectivity index (χ2v) is 8.29. The number of pyridine rings is 1. The molecule has 1 amide bonds. The van der Waals surface area contributed by atoms with E-state index in [1.54, 1.807) is 12.1 Å². The molecule has 4 rings (SSSR count). The Labute approximate surface area is 201 Å². The van der Waals surface area contributed by atoms with Crippen LogP contribution in [0.4, 0.5) is 4.79 Å². The highest BCUT2D eigenvalue weighted by Gasteiger charge is 2.17. The summed E-state index contributed by atoms with van der Waals surface area (Å²) in [5.41, 5.74) is 3.32. The van der Waals surface area contributed by atoms with Gasteiger partial charge < -0.3 is 30.9 Å². The van der Waals surface area contributed by atoms with Crippen molar-refractivity contribution < 1.29 is 20.1 Å². The van der Waals surface area contributed by atoms with Crippen molar-refractivity contribution in [2.75, 3.05) is 13.1 Å². The van der Waals surface area contributed by atoms with Crippen LogP contribution in [0, 0.1) is 0 Å². The van der Waals surface area contributed by atoms with Gasteiger partial charge in [-0.3, -0.25) is 4.79 Å². The fourth-order valence-electron chi connectivity index (χ4n) is 4.19. The van der Waals surface area contributed by atoms with Crippen LogP contribution in [-0.4, -0.2) is 39.5 Å². The predicted molar refractivity (Wildman–Crippen MR) is 134 cm³/mol. The third-order valence-electron chi connectivity index (χ3n) is 5.88. The van der Waals surface area contributed by atoms with Crippen LogP contribution >= 0.6 is 0 Å². The Kier molecular flexibility index (Phi) is 7.45. The first kappa shape index (κ1) is 24.0. The summed E-state index contributed by atoms with van der Waals surface area (Å²) in [6.07, 6.45) is -1.25. The summed E-state index contributed by atoms with van der Waals surface area (Å²) in [4.78, 5) is 25.6. The highest BCUT2D eigenvalue weighted by Crippen LogP contribution is 2.28. The maximum atomic E-state index is 11.6. The number of hydrogen-bond acceptors (Lipinski definition) is 5. The van der Waals surface area contributed by atoms with E-state index >= 15 is 0 Å². The van der Waals surface area contributed by atoms with Gasteiger partial charge in [0, 0.05) is 18.0 Å². The average molecular weight is 474 g/mol. The van der Waals surface area contributed by atoms with E-state index < -0.39 is 18.2 Å². The number of hydrogen-bond donors (Lipinski definition) is 6. The quantitative estimate of drug-likeness (QED) is 0.206. The van der Waals surface area contributed by atoms with Gasteiger partial charge >= 0.3 is 6.09 Å². The maximum absolute atomic E-state index is 11.6. The van der Waals surface area contributed by atoms with Crippen molar-refractivity contribution in [3.8, 4) is 5.75 Å². The van der Waals surface area contributed by atoms with Gasteiger partial charge in [0.25, 0.3) is 0 Å². The molecule has 0 aliphatic rings. The molecule has 35 heavy (non-hydrogen) atoms. The standard InChI is InChI=1S/C27H27N3O5/c31-22-11-9-20(21-10-12-24(33)29-26(21)22)23(32)16-28-14-13-17-5-4-8-19(15-17)25(30-27(34)35)18-6-2-1-3-7-18/h1-12,15,23,25,28,30-32H,13-14,16H2,(H,29,33)(H,34,35)/t23-,25?/m1/s1. The van der Waals surface area contributed by atoms with Crippen molar-refractivity contribution in [3.05, 3.63) is 111 Å². The van der Waals surface area contributed by atoms with Crippen LogP contribution in [0.5, 0.6) is 5.75 Å². The number of aliphatic hydroxyl groups excluding tert-OH is 1. The summed E-state index contributed by atoms with van der Waals surface area (Å²) in [6, 6.07) is 22.8. The first-order chi connectivity index (χ1) is 16.9. The lowest BCUT2D eigenvalue weighted by atomic mass is 9.96. The summed E-state index contributed by atoms with van der Waals surface area (Å²) in [5, 5.41) is 36.5. The molecule has 8 nitrogen and oxygen atoms in total. The molecule has 0 bridgehead atoms. The predicted octanol–water partition coefficient (Wildman–Crippen LogP) is 3.46. The Balaban J connectivity index is 1.40. The number of carboxylic acid groups (broad SMARTS) is 1. The fraction of sp³-hybridized carbons (Fsp3) is 0.185. The molecule has 0 spiro atoms. The van der Waals surface area contributed by atoms with Gasteiger partial charge in [-0.2, -0.15) is 0 Å². The smallest absolute Gasteiger partial charge is 0.405 e. The van der Waals surface area contributed by atoms with Gasteiger partial charge in [0.1, 0.15) is 5.75 Å². The van der Waals surface area contributed by atoms with Crippen molar-refractivity contribution in [1.82, 2.24) is 15.6 Å². The second kappa shape index (κ2) is 10.9. The van der Waals surface area contributed by atoms with Crippen molar-refractivity contribution >= 4 is 17.0 Å². The van der Waals surface area contributed by atoms with E-state index in [9.17, 15) is 24.9 Å². The number of amides is 1. The van der Waals surface area contributed by atoms with Crippen LogP contribution in [0.15, 0.2) is 83.7 Å². The van der Waals surface area contributed by atoms with Gasteiger partial charge in [-0.15, -0.1) is 0 Å². The molecule has 8 heteroatoms. The van der Waals surface area contributed by atoms with Crippen molar-refractivity contribution in [2.45, 2.75) is 18.6 Å². The van der Waals surface area contributed by atoms with Gasteiger partial charge in [0.15, 0.2) is 0 Å². The Morgan fingerprint density at radius 3 is 2.49 bits per heavy atom. The molecular weight excluding hydrogens is 446 g/mol. The lowest BCUT2D eigenvalue weighted by molar-refractivity contribution is 0.176. The largest absolute Gasteiger partial charge is 0.506 e. The van der Waals surface area contributed by atoms with E-state index in [1.807, 2.05) is 54.6 Å². The normalized spacial score (nSPS) is 12.8. The number of rotatable bonds is 9. The van der Waals surface area contributed by atoms with Crippen molar-refractivity contribution in [3.63, 3.8) is 0 Å². The van der Waals surface area contributed by atoms with Gasteiger partial charge in [-0.25, -0.2) is 4.79 Å². The molecule has 0 fully saturated rings. The molecule has 3 aromatic carbocycles. The number of phenols is 1. The minimum absolute atomic E-state index is 0.0484.